The molecule has 1 amide bonds. The Kier molecular flexibility index (Phi) is 3.84. The molecule has 0 aromatic carbocycles. The van der Waals surface area contributed by atoms with Crippen molar-refractivity contribution in [3.05, 3.63) is 17.5 Å². The minimum atomic E-state index is -0.639. The lowest BCUT2D eigenvalue weighted by atomic mass is 10.2. The number of aromatic nitrogens is 1. The summed E-state index contributed by atoms with van der Waals surface area (Å²) in [4.78, 5) is 25.4. The maximum Gasteiger partial charge on any atom is 0.328 e. The molecule has 1 aliphatic rings. The molecule has 0 bridgehead atoms. The van der Waals surface area contributed by atoms with Gasteiger partial charge in [-0.1, -0.05) is 5.16 Å². The number of hydrogen-bond acceptors (Lipinski definition) is 6. The van der Waals surface area contributed by atoms with Crippen LogP contribution in [0.25, 0.3) is 0 Å². The predicted octanol–water partition coefficient (Wildman–Crippen LogP) is 0.386. The molecule has 2 rings (SSSR count). The van der Waals surface area contributed by atoms with Crippen LogP contribution in [0, 0.1) is 6.92 Å². The van der Waals surface area contributed by atoms with Crippen LogP contribution in [0.4, 0.5) is 0 Å². The Morgan fingerprint density at radius 2 is 2.21 bits per heavy atom. The average molecular weight is 268 g/mol. The summed E-state index contributed by atoms with van der Waals surface area (Å²) in [5.41, 5.74) is 0.183. The van der Waals surface area contributed by atoms with Crippen molar-refractivity contribution in [2.24, 2.45) is 0 Å². The zero-order valence-electron chi connectivity index (χ0n) is 11.1. The number of rotatable bonds is 3. The van der Waals surface area contributed by atoms with Crippen LogP contribution < -0.4 is 0 Å². The fraction of sp³-hybridized carbons (Fsp3) is 0.583. The summed E-state index contributed by atoms with van der Waals surface area (Å²) >= 11 is 0. The van der Waals surface area contributed by atoms with E-state index in [9.17, 15) is 9.59 Å². The fourth-order valence-corrected chi connectivity index (χ4v) is 2.17. The van der Waals surface area contributed by atoms with E-state index in [4.69, 9.17) is 14.0 Å². The van der Waals surface area contributed by atoms with Crippen LogP contribution in [0.2, 0.25) is 0 Å². The largest absolute Gasteiger partial charge is 0.467 e. The molecule has 2 heterocycles. The zero-order valence-corrected chi connectivity index (χ0v) is 11.1. The highest BCUT2D eigenvalue weighted by Crippen LogP contribution is 2.23. The Balaban J connectivity index is 2.20. The summed E-state index contributed by atoms with van der Waals surface area (Å²) < 4.78 is 14.8. The molecule has 1 aliphatic heterocycles. The summed E-state index contributed by atoms with van der Waals surface area (Å²) in [7, 11) is 2.85. The first-order valence-corrected chi connectivity index (χ1v) is 5.91. The van der Waals surface area contributed by atoms with Crippen molar-refractivity contribution >= 4 is 11.9 Å². The highest BCUT2D eigenvalue weighted by molar-refractivity contribution is 5.95. The number of methoxy groups -OCH3 is 2. The van der Waals surface area contributed by atoms with Gasteiger partial charge in [-0.2, -0.15) is 0 Å². The lowest BCUT2D eigenvalue weighted by molar-refractivity contribution is -0.145. The van der Waals surface area contributed by atoms with E-state index in [-0.39, 0.29) is 17.7 Å². The van der Waals surface area contributed by atoms with E-state index >= 15 is 0 Å². The van der Waals surface area contributed by atoms with Crippen LogP contribution in [0.5, 0.6) is 0 Å². The minimum absolute atomic E-state index is 0.180. The fourth-order valence-electron chi connectivity index (χ4n) is 2.17. The van der Waals surface area contributed by atoms with Crippen LogP contribution in [0.15, 0.2) is 10.6 Å². The average Bonchev–Trinajstić information content (AvgIpc) is 3.03. The van der Waals surface area contributed by atoms with Crippen molar-refractivity contribution < 1.29 is 23.6 Å². The third kappa shape index (κ3) is 2.60. The Hall–Kier alpha value is -1.89. The molecule has 1 fully saturated rings. The first kappa shape index (κ1) is 13.5. The van der Waals surface area contributed by atoms with Crippen LogP contribution in [0.1, 0.15) is 22.7 Å². The van der Waals surface area contributed by atoms with Crippen molar-refractivity contribution in [3.63, 3.8) is 0 Å². The van der Waals surface area contributed by atoms with Crippen LogP contribution >= 0.6 is 0 Å². The van der Waals surface area contributed by atoms with Gasteiger partial charge in [0.05, 0.1) is 13.2 Å². The number of aryl methyl sites for hydroxylation is 1. The maximum absolute atomic E-state index is 12.3. The van der Waals surface area contributed by atoms with Gasteiger partial charge < -0.3 is 18.9 Å². The second-order valence-corrected chi connectivity index (χ2v) is 4.41. The molecule has 7 nitrogen and oxygen atoms in total. The van der Waals surface area contributed by atoms with Gasteiger partial charge in [0.25, 0.3) is 5.91 Å². The van der Waals surface area contributed by atoms with Gasteiger partial charge in [0.1, 0.15) is 11.8 Å². The molecular weight excluding hydrogens is 252 g/mol. The van der Waals surface area contributed by atoms with Crippen LogP contribution in [0.3, 0.4) is 0 Å². The zero-order chi connectivity index (χ0) is 14.0. The van der Waals surface area contributed by atoms with Gasteiger partial charge in [0.15, 0.2) is 5.69 Å². The third-order valence-electron chi connectivity index (χ3n) is 3.18. The molecule has 19 heavy (non-hydrogen) atoms. The summed E-state index contributed by atoms with van der Waals surface area (Å²) in [6.07, 6.45) is 0.243. The second-order valence-electron chi connectivity index (χ2n) is 4.41. The molecule has 0 aliphatic carbocycles. The lowest BCUT2D eigenvalue weighted by Crippen LogP contribution is -2.41. The lowest BCUT2D eigenvalue weighted by Gasteiger charge is -2.20. The molecule has 0 spiro atoms. The van der Waals surface area contributed by atoms with Gasteiger partial charge in [0.2, 0.25) is 0 Å². The first-order chi connectivity index (χ1) is 9.06. The van der Waals surface area contributed by atoms with Gasteiger partial charge in [0, 0.05) is 26.1 Å². The van der Waals surface area contributed by atoms with Gasteiger partial charge in [-0.3, -0.25) is 4.79 Å². The Labute approximate surface area is 110 Å². The van der Waals surface area contributed by atoms with E-state index in [1.54, 1.807) is 14.0 Å². The number of carbonyl (C=O) groups excluding carboxylic acids is 2. The molecule has 0 N–H and O–H groups in total. The topological polar surface area (TPSA) is 81.9 Å². The van der Waals surface area contributed by atoms with Gasteiger partial charge in [-0.25, -0.2) is 4.79 Å². The molecule has 1 aromatic rings. The van der Waals surface area contributed by atoms with Gasteiger partial charge in [-0.05, 0) is 6.92 Å². The van der Waals surface area contributed by atoms with Crippen molar-refractivity contribution in [2.45, 2.75) is 25.5 Å². The van der Waals surface area contributed by atoms with E-state index in [0.717, 1.165) is 0 Å². The van der Waals surface area contributed by atoms with Crippen LogP contribution in [-0.2, 0) is 14.3 Å². The van der Waals surface area contributed by atoms with Crippen molar-refractivity contribution in [1.82, 2.24) is 10.1 Å². The van der Waals surface area contributed by atoms with Crippen molar-refractivity contribution in [3.8, 4) is 0 Å². The molecule has 1 aromatic heterocycles. The normalized spacial score (nSPS) is 22.6. The molecule has 0 saturated carbocycles. The first-order valence-electron chi connectivity index (χ1n) is 5.91. The summed E-state index contributed by atoms with van der Waals surface area (Å²) in [5, 5.41) is 3.67. The molecule has 0 radical (unpaired) electrons. The predicted molar refractivity (Wildman–Crippen MR) is 63.5 cm³/mol. The molecule has 2 atom stereocenters. The van der Waals surface area contributed by atoms with E-state index < -0.39 is 12.0 Å². The number of nitrogens with zero attached hydrogens (tertiary/aromatic N) is 2. The number of ether oxygens (including phenoxy) is 2. The monoisotopic (exact) mass is 268 g/mol. The summed E-state index contributed by atoms with van der Waals surface area (Å²) in [6, 6.07) is 0.899. The summed E-state index contributed by atoms with van der Waals surface area (Å²) in [6.45, 7) is 2.03. The highest BCUT2D eigenvalue weighted by Gasteiger charge is 2.41. The molecule has 1 saturated heterocycles. The van der Waals surface area contributed by atoms with Crippen molar-refractivity contribution in [2.75, 3.05) is 20.8 Å². The molecule has 104 valence electrons. The molecule has 7 heteroatoms. The Morgan fingerprint density at radius 1 is 1.47 bits per heavy atom. The molecular formula is C12H16N2O5. The van der Waals surface area contributed by atoms with Gasteiger partial charge >= 0.3 is 5.97 Å². The molecule has 0 unspecified atom stereocenters. The van der Waals surface area contributed by atoms with Crippen LogP contribution in [-0.4, -0.2) is 54.8 Å². The van der Waals surface area contributed by atoms with E-state index in [1.807, 2.05) is 0 Å². The van der Waals surface area contributed by atoms with Gasteiger partial charge in [-0.15, -0.1) is 0 Å². The third-order valence-corrected chi connectivity index (χ3v) is 3.18. The number of amides is 1. The van der Waals surface area contributed by atoms with E-state index in [0.29, 0.717) is 18.7 Å². The second kappa shape index (κ2) is 5.40. The van der Waals surface area contributed by atoms with Crippen molar-refractivity contribution in [1.29, 1.82) is 0 Å². The number of carbonyl (C=O) groups is 2. The quantitative estimate of drug-likeness (QED) is 0.737. The van der Waals surface area contributed by atoms with E-state index in [1.165, 1.54) is 18.1 Å². The maximum atomic E-state index is 12.3. The Morgan fingerprint density at radius 3 is 2.74 bits per heavy atom. The SMILES string of the molecule is COC(=O)[C@H]1C[C@H](OC)CN1C(=O)c1cc(C)on1. The number of likely N-dealkylation sites (tertiary alicyclic amines) is 1. The Bertz CT molecular complexity index is 484. The number of hydrogen-bond donors (Lipinski definition) is 0. The smallest absolute Gasteiger partial charge is 0.328 e. The van der Waals surface area contributed by atoms with E-state index in [2.05, 4.69) is 5.16 Å². The minimum Gasteiger partial charge on any atom is -0.467 e. The highest BCUT2D eigenvalue weighted by atomic mass is 16.5. The standard InChI is InChI=1S/C12H16N2O5/c1-7-4-9(13-19-7)11(15)14-6-8(17-2)5-10(14)12(16)18-3/h4,8,10H,5-6H2,1-3H3/t8-,10+/m0/s1. The number of esters is 1. The summed E-state index contributed by atoms with van der Waals surface area (Å²) in [5.74, 6) is -0.264.